The Morgan fingerprint density at radius 2 is 2.00 bits per heavy atom. The molecule has 2 rings (SSSR count). The van der Waals surface area contributed by atoms with Gasteiger partial charge in [0, 0.05) is 39.3 Å². The second-order valence-corrected chi connectivity index (χ2v) is 4.53. The fourth-order valence-corrected chi connectivity index (χ4v) is 2.27. The molecule has 17 heavy (non-hydrogen) atoms. The molecule has 0 bridgehead atoms. The second kappa shape index (κ2) is 6.12. The summed E-state index contributed by atoms with van der Waals surface area (Å²) in [6, 6.07) is 10.4. The Kier molecular flexibility index (Phi) is 4.50. The summed E-state index contributed by atoms with van der Waals surface area (Å²) in [5.74, 6) is 0. The molecule has 1 fully saturated rings. The quantitative estimate of drug-likeness (QED) is 0.776. The van der Waals surface area contributed by atoms with Crippen LogP contribution in [0.2, 0.25) is 0 Å². The van der Waals surface area contributed by atoms with Crippen LogP contribution in [-0.4, -0.2) is 53.9 Å². The van der Waals surface area contributed by atoms with Crippen molar-refractivity contribution in [1.29, 1.82) is 0 Å². The molecule has 0 saturated carbocycles. The molecule has 1 saturated heterocycles. The third-order valence-electron chi connectivity index (χ3n) is 3.21. The minimum Gasteiger partial charge on any atom is -0.377 e. The molecule has 0 aliphatic carbocycles. The Hall–Kier alpha value is -0.940. The zero-order valence-electron chi connectivity index (χ0n) is 10.1. The second-order valence-electron chi connectivity index (χ2n) is 4.53. The van der Waals surface area contributed by atoms with Crippen LogP contribution in [0.3, 0.4) is 0 Å². The Bertz CT molecular complexity index is 331. The van der Waals surface area contributed by atoms with Crippen LogP contribution in [0.5, 0.6) is 0 Å². The molecule has 1 aromatic carbocycles. The monoisotopic (exact) mass is 235 g/mol. The van der Waals surface area contributed by atoms with Crippen molar-refractivity contribution in [2.24, 2.45) is 5.73 Å². The fraction of sp³-hybridized carbons (Fsp3) is 0.538. The third kappa shape index (κ3) is 3.51. The number of aliphatic hydroxyl groups is 1. The number of nitrogens with two attached hydrogens (primary N) is 1. The van der Waals surface area contributed by atoms with Gasteiger partial charge in [0.1, 0.15) is 6.23 Å². The van der Waals surface area contributed by atoms with Crippen molar-refractivity contribution < 1.29 is 5.11 Å². The van der Waals surface area contributed by atoms with Gasteiger partial charge in [0.05, 0.1) is 0 Å². The zero-order valence-corrected chi connectivity index (χ0v) is 10.1. The first kappa shape index (κ1) is 12.5. The van der Waals surface area contributed by atoms with Crippen LogP contribution in [0.15, 0.2) is 30.3 Å². The van der Waals surface area contributed by atoms with Gasteiger partial charge in [-0.15, -0.1) is 0 Å². The van der Waals surface area contributed by atoms with Gasteiger partial charge >= 0.3 is 0 Å². The van der Waals surface area contributed by atoms with Crippen molar-refractivity contribution in [3.05, 3.63) is 35.9 Å². The minimum atomic E-state index is -0.379. The molecule has 4 heteroatoms. The lowest BCUT2D eigenvalue weighted by Crippen LogP contribution is -2.53. The van der Waals surface area contributed by atoms with Crippen molar-refractivity contribution in [2.45, 2.75) is 12.8 Å². The Balaban J connectivity index is 1.85. The van der Waals surface area contributed by atoms with E-state index in [-0.39, 0.29) is 6.23 Å². The minimum absolute atomic E-state index is 0.379. The molecule has 1 atom stereocenters. The number of piperazine rings is 1. The van der Waals surface area contributed by atoms with Gasteiger partial charge in [0.25, 0.3) is 0 Å². The predicted molar refractivity (Wildman–Crippen MR) is 68.4 cm³/mol. The summed E-state index contributed by atoms with van der Waals surface area (Å²) in [7, 11) is 0. The summed E-state index contributed by atoms with van der Waals surface area (Å²) in [4.78, 5) is 4.33. The van der Waals surface area contributed by atoms with Crippen LogP contribution < -0.4 is 5.73 Å². The van der Waals surface area contributed by atoms with Gasteiger partial charge < -0.3 is 10.8 Å². The van der Waals surface area contributed by atoms with E-state index in [9.17, 15) is 5.11 Å². The van der Waals surface area contributed by atoms with Crippen molar-refractivity contribution in [3.63, 3.8) is 0 Å². The van der Waals surface area contributed by atoms with E-state index < -0.39 is 0 Å². The standard InChI is InChI=1S/C13H21N3O/c14-6-7-16-9-8-15(11-13(16)17)10-12-4-2-1-3-5-12/h1-5,13,17H,6-11,14H2. The van der Waals surface area contributed by atoms with E-state index in [0.29, 0.717) is 13.1 Å². The van der Waals surface area contributed by atoms with Gasteiger partial charge in [-0.05, 0) is 5.56 Å². The van der Waals surface area contributed by atoms with Crippen LogP contribution in [0, 0.1) is 0 Å². The molecule has 0 amide bonds. The van der Waals surface area contributed by atoms with E-state index in [1.54, 1.807) is 0 Å². The number of aliphatic hydroxyl groups excluding tert-OH is 1. The molecule has 94 valence electrons. The van der Waals surface area contributed by atoms with E-state index in [4.69, 9.17) is 5.73 Å². The van der Waals surface area contributed by atoms with Gasteiger partial charge in [0.15, 0.2) is 0 Å². The molecule has 3 N–H and O–H groups in total. The SMILES string of the molecule is NCCN1CCN(Cc2ccccc2)CC1O. The number of β-amino-alcohol motifs (C(OH)–C–C–N with tert-alkyl or cyclic N) is 1. The maximum absolute atomic E-state index is 9.98. The Morgan fingerprint density at radius 1 is 1.24 bits per heavy atom. The highest BCUT2D eigenvalue weighted by Gasteiger charge is 2.24. The average Bonchev–Trinajstić information content (AvgIpc) is 2.34. The van der Waals surface area contributed by atoms with E-state index in [0.717, 1.165) is 26.2 Å². The van der Waals surface area contributed by atoms with E-state index >= 15 is 0 Å². The summed E-state index contributed by atoms with van der Waals surface area (Å²) >= 11 is 0. The number of hydrogen-bond donors (Lipinski definition) is 2. The highest BCUT2D eigenvalue weighted by atomic mass is 16.3. The van der Waals surface area contributed by atoms with E-state index in [2.05, 4.69) is 29.2 Å². The van der Waals surface area contributed by atoms with Crippen molar-refractivity contribution in [2.75, 3.05) is 32.7 Å². The van der Waals surface area contributed by atoms with Crippen LogP contribution in [0.4, 0.5) is 0 Å². The number of nitrogens with zero attached hydrogens (tertiary/aromatic N) is 2. The molecule has 0 aromatic heterocycles. The summed E-state index contributed by atoms with van der Waals surface area (Å²) in [5.41, 5.74) is 6.81. The lowest BCUT2D eigenvalue weighted by Gasteiger charge is -2.38. The fourth-order valence-electron chi connectivity index (χ4n) is 2.27. The first-order valence-corrected chi connectivity index (χ1v) is 6.18. The lowest BCUT2D eigenvalue weighted by molar-refractivity contribution is -0.0561. The smallest absolute Gasteiger partial charge is 0.120 e. The number of rotatable bonds is 4. The van der Waals surface area contributed by atoms with Crippen molar-refractivity contribution in [3.8, 4) is 0 Å². The highest BCUT2D eigenvalue weighted by molar-refractivity contribution is 5.14. The molecule has 1 aromatic rings. The molecule has 1 aliphatic heterocycles. The maximum Gasteiger partial charge on any atom is 0.120 e. The van der Waals surface area contributed by atoms with Gasteiger partial charge in [-0.25, -0.2) is 0 Å². The first-order valence-electron chi connectivity index (χ1n) is 6.18. The summed E-state index contributed by atoms with van der Waals surface area (Å²) in [6.45, 7) is 4.89. The molecular formula is C13H21N3O. The van der Waals surface area contributed by atoms with Crippen LogP contribution >= 0.6 is 0 Å². The molecule has 1 aliphatic rings. The number of hydrogen-bond acceptors (Lipinski definition) is 4. The van der Waals surface area contributed by atoms with E-state index in [1.807, 2.05) is 11.0 Å². The average molecular weight is 235 g/mol. The molecule has 1 unspecified atom stereocenters. The van der Waals surface area contributed by atoms with Crippen molar-refractivity contribution in [1.82, 2.24) is 9.80 Å². The summed E-state index contributed by atoms with van der Waals surface area (Å²) in [6.07, 6.45) is -0.379. The van der Waals surface area contributed by atoms with Crippen molar-refractivity contribution >= 4 is 0 Å². The summed E-state index contributed by atoms with van der Waals surface area (Å²) < 4.78 is 0. The first-order chi connectivity index (χ1) is 8.29. The topological polar surface area (TPSA) is 52.7 Å². The highest BCUT2D eigenvalue weighted by Crippen LogP contribution is 2.11. The molecule has 0 radical (unpaired) electrons. The predicted octanol–water partition coefficient (Wildman–Crippen LogP) is 0.0813. The van der Waals surface area contributed by atoms with Gasteiger partial charge in [-0.2, -0.15) is 0 Å². The van der Waals surface area contributed by atoms with Crippen LogP contribution in [0.25, 0.3) is 0 Å². The largest absolute Gasteiger partial charge is 0.377 e. The lowest BCUT2D eigenvalue weighted by atomic mass is 10.2. The normalized spacial score (nSPS) is 22.8. The van der Waals surface area contributed by atoms with Crippen LogP contribution in [0.1, 0.15) is 5.56 Å². The number of benzene rings is 1. The Labute approximate surface area is 103 Å². The van der Waals surface area contributed by atoms with Gasteiger partial charge in [-0.1, -0.05) is 30.3 Å². The van der Waals surface area contributed by atoms with Gasteiger partial charge in [0.2, 0.25) is 0 Å². The maximum atomic E-state index is 9.98. The third-order valence-corrected chi connectivity index (χ3v) is 3.21. The summed E-state index contributed by atoms with van der Waals surface area (Å²) in [5, 5.41) is 9.98. The van der Waals surface area contributed by atoms with Crippen LogP contribution in [-0.2, 0) is 6.54 Å². The molecular weight excluding hydrogens is 214 g/mol. The van der Waals surface area contributed by atoms with E-state index in [1.165, 1.54) is 5.56 Å². The zero-order chi connectivity index (χ0) is 12.1. The molecule has 1 heterocycles. The molecule has 0 spiro atoms. The van der Waals surface area contributed by atoms with Gasteiger partial charge in [-0.3, -0.25) is 9.80 Å². The molecule has 4 nitrogen and oxygen atoms in total. The Morgan fingerprint density at radius 3 is 2.65 bits per heavy atom.